The first-order valence-corrected chi connectivity index (χ1v) is 8.32. The van der Waals surface area contributed by atoms with Crippen LogP contribution in [0.25, 0.3) is 11.1 Å². The number of hydrogen-bond acceptors (Lipinski definition) is 1. The van der Waals surface area contributed by atoms with Crippen molar-refractivity contribution in [2.24, 2.45) is 0 Å². The van der Waals surface area contributed by atoms with E-state index in [2.05, 4.69) is 56.3 Å². The fourth-order valence-electron chi connectivity index (χ4n) is 3.66. The maximum atomic E-state index is 12.7. The molecule has 0 aliphatic heterocycles. The molecule has 2 nitrogen and oxygen atoms in total. The first-order chi connectivity index (χ1) is 11.6. The van der Waals surface area contributed by atoms with E-state index in [1.807, 2.05) is 23.0 Å². The summed E-state index contributed by atoms with van der Waals surface area (Å²) in [5.41, 5.74) is 8.32. The van der Waals surface area contributed by atoms with Crippen molar-refractivity contribution >= 4 is 22.8 Å². The first-order valence-electron chi connectivity index (χ1n) is 8.32. The van der Waals surface area contributed by atoms with Crippen molar-refractivity contribution in [1.82, 2.24) is 0 Å². The van der Waals surface area contributed by atoms with E-state index in [4.69, 9.17) is 0 Å². The highest BCUT2D eigenvalue weighted by atomic mass is 79.9. The summed E-state index contributed by atoms with van der Waals surface area (Å²) in [6.07, 6.45) is 4.96. The molecule has 0 saturated heterocycles. The highest BCUT2D eigenvalue weighted by Crippen LogP contribution is 2.36. The number of aryl methyl sites for hydroxylation is 2. The Morgan fingerprint density at radius 3 is 2.36 bits per heavy atom. The number of nitrogens with zero attached hydrogens (tertiary/aromatic N) is 1. The largest absolute Gasteiger partial charge is 0.287 e. The van der Waals surface area contributed by atoms with E-state index >= 15 is 0 Å². The lowest BCUT2D eigenvalue weighted by Crippen LogP contribution is -2.38. The molecule has 3 aromatic rings. The Morgan fingerprint density at radius 2 is 1.60 bits per heavy atom. The number of benzene rings is 2. The van der Waals surface area contributed by atoms with Crippen LogP contribution in [0.3, 0.4) is 0 Å². The second kappa shape index (κ2) is 6.93. The molecule has 0 atom stereocenters. The van der Waals surface area contributed by atoms with E-state index < -0.39 is 0 Å². The number of fused-ring (bicyclic) bond motifs is 3. The molecule has 3 heteroatoms. The van der Waals surface area contributed by atoms with Gasteiger partial charge >= 0.3 is 0 Å². The zero-order valence-electron chi connectivity index (χ0n) is 14.5. The van der Waals surface area contributed by atoms with Crippen LogP contribution in [0.1, 0.15) is 32.6 Å². The minimum atomic E-state index is 0. The van der Waals surface area contributed by atoms with Crippen LogP contribution in [0.5, 0.6) is 0 Å². The quantitative estimate of drug-likeness (QED) is 0.366. The Bertz CT molecular complexity index is 942. The van der Waals surface area contributed by atoms with Gasteiger partial charge in [0.25, 0.3) is 0 Å². The molecule has 0 spiro atoms. The fourth-order valence-corrected chi connectivity index (χ4v) is 3.66. The normalized spacial score (nSPS) is 11.4. The average Bonchev–Trinajstić information content (AvgIpc) is 2.91. The summed E-state index contributed by atoms with van der Waals surface area (Å²) in [6, 6.07) is 16.7. The minimum Gasteiger partial charge on any atom is -0.287 e. The van der Waals surface area contributed by atoms with Crippen molar-refractivity contribution in [2.75, 3.05) is 0 Å². The van der Waals surface area contributed by atoms with Gasteiger partial charge in [-0.2, -0.15) is 4.57 Å². The molecule has 1 aromatic heterocycles. The summed E-state index contributed by atoms with van der Waals surface area (Å²) in [4.78, 5) is 12.7. The fraction of sp³-hybridized carbons (Fsp3) is 0.182. The lowest BCUT2D eigenvalue weighted by molar-refractivity contribution is -0.683. The maximum Gasteiger partial charge on any atom is 0.227 e. The average molecular weight is 395 g/mol. The van der Waals surface area contributed by atoms with Crippen LogP contribution >= 0.6 is 17.0 Å². The van der Waals surface area contributed by atoms with Crippen molar-refractivity contribution in [3.63, 3.8) is 0 Å². The van der Waals surface area contributed by atoms with Gasteiger partial charge in [-0.25, -0.2) is 0 Å². The molecule has 0 N–H and O–H groups in total. The number of pyridine rings is 1. The number of carbonyl (C=O) groups excluding carboxylic acids is 1. The van der Waals surface area contributed by atoms with Crippen molar-refractivity contribution in [1.29, 1.82) is 0 Å². The van der Waals surface area contributed by atoms with Crippen LogP contribution in [0.4, 0.5) is 0 Å². The molecule has 0 unspecified atom stereocenters. The molecule has 0 bridgehead atoms. The van der Waals surface area contributed by atoms with Crippen LogP contribution in [0.2, 0.25) is 0 Å². The molecule has 0 radical (unpaired) electrons. The lowest BCUT2D eigenvalue weighted by Gasteiger charge is -2.04. The van der Waals surface area contributed by atoms with Gasteiger partial charge in [-0.15, -0.1) is 17.0 Å². The molecule has 0 saturated carbocycles. The molecule has 25 heavy (non-hydrogen) atoms. The van der Waals surface area contributed by atoms with Crippen LogP contribution in [-0.4, -0.2) is 5.78 Å². The zero-order valence-corrected chi connectivity index (χ0v) is 16.2. The first kappa shape index (κ1) is 17.6. The second-order valence-corrected chi connectivity index (χ2v) is 6.69. The van der Waals surface area contributed by atoms with Crippen LogP contribution in [0, 0.1) is 13.8 Å². The van der Waals surface area contributed by atoms with Gasteiger partial charge in [0.15, 0.2) is 12.4 Å². The Balaban J connectivity index is 0.00000182. The summed E-state index contributed by atoms with van der Waals surface area (Å²) in [7, 11) is 0. The molecular formula is C22H21BrNO+. The predicted octanol–water partition coefficient (Wildman–Crippen LogP) is 4.62. The summed E-state index contributed by atoms with van der Waals surface area (Å²) in [6.45, 7) is 4.50. The lowest BCUT2D eigenvalue weighted by atomic mass is 10.0. The van der Waals surface area contributed by atoms with Gasteiger partial charge < -0.3 is 0 Å². The molecule has 1 heterocycles. The number of hydrogen-bond donors (Lipinski definition) is 0. The monoisotopic (exact) mass is 394 g/mol. The van der Waals surface area contributed by atoms with Crippen molar-refractivity contribution in [3.05, 3.63) is 88.7 Å². The summed E-state index contributed by atoms with van der Waals surface area (Å²) in [5, 5.41) is 0. The molecule has 0 amide bonds. The third-order valence-corrected chi connectivity index (χ3v) is 4.64. The van der Waals surface area contributed by atoms with E-state index in [9.17, 15) is 4.79 Å². The van der Waals surface area contributed by atoms with Gasteiger partial charge in [-0.3, -0.25) is 4.79 Å². The van der Waals surface area contributed by atoms with Gasteiger partial charge in [0.1, 0.15) is 0 Å². The molecule has 1 aliphatic carbocycles. The minimum absolute atomic E-state index is 0. The number of rotatable bonds is 3. The summed E-state index contributed by atoms with van der Waals surface area (Å²) >= 11 is 0. The van der Waals surface area contributed by atoms with E-state index in [1.54, 1.807) is 0 Å². The smallest absolute Gasteiger partial charge is 0.227 e. The van der Waals surface area contributed by atoms with Gasteiger partial charge in [-0.1, -0.05) is 36.4 Å². The molecule has 4 rings (SSSR count). The molecule has 2 aromatic carbocycles. The summed E-state index contributed by atoms with van der Waals surface area (Å²) < 4.78 is 1.98. The predicted molar refractivity (Wildman–Crippen MR) is 105 cm³/mol. The number of ketones is 1. The molecular weight excluding hydrogens is 374 g/mol. The van der Waals surface area contributed by atoms with Crippen LogP contribution < -0.4 is 4.57 Å². The van der Waals surface area contributed by atoms with E-state index in [0.29, 0.717) is 6.54 Å². The van der Waals surface area contributed by atoms with Gasteiger partial charge in [-0.05, 0) is 54.7 Å². The van der Waals surface area contributed by atoms with Crippen molar-refractivity contribution < 1.29 is 9.36 Å². The Morgan fingerprint density at radius 1 is 0.920 bits per heavy atom. The Kier molecular flexibility index (Phi) is 4.87. The molecule has 126 valence electrons. The Labute approximate surface area is 158 Å². The Hall–Kier alpha value is -2.26. The van der Waals surface area contributed by atoms with Crippen LogP contribution in [0.15, 0.2) is 60.9 Å². The zero-order chi connectivity index (χ0) is 16.7. The van der Waals surface area contributed by atoms with Crippen LogP contribution in [-0.2, 0) is 13.0 Å². The highest BCUT2D eigenvalue weighted by Gasteiger charge is 2.20. The van der Waals surface area contributed by atoms with E-state index in [-0.39, 0.29) is 22.8 Å². The third kappa shape index (κ3) is 3.42. The molecule has 0 fully saturated rings. The van der Waals surface area contributed by atoms with Gasteiger partial charge in [0.05, 0.1) is 0 Å². The number of halogens is 1. The topological polar surface area (TPSA) is 20.9 Å². The molecule has 1 aliphatic rings. The van der Waals surface area contributed by atoms with E-state index in [1.165, 1.54) is 33.4 Å². The van der Waals surface area contributed by atoms with Gasteiger partial charge in [0.2, 0.25) is 12.3 Å². The standard InChI is InChI=1S/C22H20NO.BrH/c1-15-9-16(2)13-23(12-15)14-22(24)18-7-8-21-19(11-18)10-17-5-3-4-6-20(17)21;/h3-9,11-13H,10,14H2,1-2H3;1H/q+1;. The third-order valence-electron chi connectivity index (χ3n) is 4.64. The SMILES string of the molecule is Br.Cc1cc(C)c[n+](CC(=O)c2ccc3c(c2)Cc2ccccc2-3)c1. The number of Topliss-reactive ketones (excluding diaryl/α,β-unsaturated/α-hetero) is 1. The second-order valence-electron chi connectivity index (χ2n) is 6.69. The van der Waals surface area contributed by atoms with Gasteiger partial charge in [0, 0.05) is 16.7 Å². The van der Waals surface area contributed by atoms with Crippen molar-refractivity contribution in [3.8, 4) is 11.1 Å². The maximum absolute atomic E-state index is 12.7. The number of aromatic nitrogens is 1. The van der Waals surface area contributed by atoms with Crippen molar-refractivity contribution in [2.45, 2.75) is 26.8 Å². The van der Waals surface area contributed by atoms with E-state index in [0.717, 1.165) is 12.0 Å². The highest BCUT2D eigenvalue weighted by molar-refractivity contribution is 8.93. The summed E-state index contributed by atoms with van der Waals surface area (Å²) in [5.74, 6) is 0.156. The number of carbonyl (C=O) groups is 1.